The van der Waals surface area contributed by atoms with Crippen LogP contribution in [0.15, 0.2) is 48.5 Å². The molecule has 0 atom stereocenters. The first-order chi connectivity index (χ1) is 11.2. The van der Waals surface area contributed by atoms with Crippen molar-refractivity contribution in [1.29, 1.82) is 0 Å². The molecule has 0 fully saturated rings. The van der Waals surface area contributed by atoms with Gasteiger partial charge in [0.25, 0.3) is 0 Å². The topological polar surface area (TPSA) is 55.6 Å². The van der Waals surface area contributed by atoms with Crippen LogP contribution in [0.1, 0.15) is 16.7 Å². The minimum Gasteiger partial charge on any atom is -0.495 e. The zero-order valence-electron chi connectivity index (χ0n) is 13.2. The molecule has 0 aromatic heterocycles. The van der Waals surface area contributed by atoms with E-state index in [0.29, 0.717) is 18.0 Å². The zero-order chi connectivity index (χ0) is 16.2. The maximum atomic E-state index is 12.4. The molecule has 3 rings (SSSR count). The highest BCUT2D eigenvalue weighted by Gasteiger charge is 2.18. The van der Waals surface area contributed by atoms with Crippen molar-refractivity contribution in [2.45, 2.75) is 13.0 Å². The SMILES string of the molecule is COc1ccc(/C=C/C(=O)N2CCc3ccccc3C2)cc1N. The number of hydrogen-bond donors (Lipinski definition) is 1. The fraction of sp³-hybridized carbons (Fsp3) is 0.211. The van der Waals surface area contributed by atoms with Crippen molar-refractivity contribution in [2.24, 2.45) is 0 Å². The van der Waals surface area contributed by atoms with Crippen LogP contribution in [0.4, 0.5) is 5.69 Å². The van der Waals surface area contributed by atoms with Crippen LogP contribution in [0.5, 0.6) is 5.75 Å². The number of carbonyl (C=O) groups is 1. The van der Waals surface area contributed by atoms with Gasteiger partial charge in [0.1, 0.15) is 5.75 Å². The molecular formula is C19H20N2O2. The van der Waals surface area contributed by atoms with Crippen molar-refractivity contribution in [3.05, 3.63) is 65.2 Å². The Morgan fingerprint density at radius 1 is 1.22 bits per heavy atom. The fourth-order valence-electron chi connectivity index (χ4n) is 2.81. The Bertz CT molecular complexity index is 753. The highest BCUT2D eigenvalue weighted by molar-refractivity contribution is 5.92. The summed E-state index contributed by atoms with van der Waals surface area (Å²) in [4.78, 5) is 14.2. The number of benzene rings is 2. The summed E-state index contributed by atoms with van der Waals surface area (Å²) in [6.07, 6.45) is 4.30. The van der Waals surface area contributed by atoms with Gasteiger partial charge in [-0.25, -0.2) is 0 Å². The molecule has 0 radical (unpaired) electrons. The van der Waals surface area contributed by atoms with Crippen LogP contribution in [0, 0.1) is 0 Å². The summed E-state index contributed by atoms with van der Waals surface area (Å²) in [6, 6.07) is 13.8. The Labute approximate surface area is 136 Å². The van der Waals surface area contributed by atoms with Gasteiger partial charge in [-0.2, -0.15) is 0 Å². The highest BCUT2D eigenvalue weighted by Crippen LogP contribution is 2.23. The van der Waals surface area contributed by atoms with E-state index in [1.54, 1.807) is 31.4 Å². The summed E-state index contributed by atoms with van der Waals surface area (Å²) in [6.45, 7) is 1.43. The molecule has 23 heavy (non-hydrogen) atoms. The van der Waals surface area contributed by atoms with Crippen LogP contribution < -0.4 is 10.5 Å². The van der Waals surface area contributed by atoms with Crippen LogP contribution in [0.2, 0.25) is 0 Å². The molecule has 1 aliphatic rings. The lowest BCUT2D eigenvalue weighted by molar-refractivity contribution is -0.126. The summed E-state index contributed by atoms with van der Waals surface area (Å²) in [5, 5.41) is 0. The minimum atomic E-state index is 0.0221. The van der Waals surface area contributed by atoms with Gasteiger partial charge in [-0.05, 0) is 41.3 Å². The molecule has 1 aliphatic heterocycles. The van der Waals surface area contributed by atoms with Gasteiger partial charge in [-0.1, -0.05) is 30.3 Å². The van der Waals surface area contributed by atoms with Gasteiger partial charge in [0.15, 0.2) is 0 Å². The van der Waals surface area contributed by atoms with Gasteiger partial charge in [0, 0.05) is 19.2 Å². The van der Waals surface area contributed by atoms with E-state index in [1.807, 2.05) is 23.1 Å². The Balaban J connectivity index is 1.69. The quantitative estimate of drug-likeness (QED) is 0.700. The predicted molar refractivity (Wildman–Crippen MR) is 92.0 cm³/mol. The van der Waals surface area contributed by atoms with Gasteiger partial charge in [-0.3, -0.25) is 4.79 Å². The summed E-state index contributed by atoms with van der Waals surface area (Å²) >= 11 is 0. The van der Waals surface area contributed by atoms with E-state index >= 15 is 0 Å². The number of fused-ring (bicyclic) bond motifs is 1. The second-order valence-corrected chi connectivity index (χ2v) is 5.61. The molecule has 0 saturated heterocycles. The van der Waals surface area contributed by atoms with Gasteiger partial charge < -0.3 is 15.4 Å². The van der Waals surface area contributed by atoms with Crippen LogP contribution in [0.3, 0.4) is 0 Å². The number of nitrogens with two attached hydrogens (primary N) is 1. The van der Waals surface area contributed by atoms with Crippen LogP contribution in [-0.2, 0) is 17.8 Å². The summed E-state index contributed by atoms with van der Waals surface area (Å²) < 4.78 is 5.13. The number of nitrogen functional groups attached to an aromatic ring is 1. The smallest absolute Gasteiger partial charge is 0.246 e. The third-order valence-corrected chi connectivity index (χ3v) is 4.11. The molecule has 2 aromatic carbocycles. The fourth-order valence-corrected chi connectivity index (χ4v) is 2.81. The van der Waals surface area contributed by atoms with Gasteiger partial charge in [0.2, 0.25) is 5.91 Å². The third-order valence-electron chi connectivity index (χ3n) is 4.11. The van der Waals surface area contributed by atoms with Gasteiger partial charge in [0.05, 0.1) is 12.8 Å². The number of methoxy groups -OCH3 is 1. The molecule has 0 saturated carbocycles. The lowest BCUT2D eigenvalue weighted by Gasteiger charge is -2.27. The monoisotopic (exact) mass is 308 g/mol. The number of hydrogen-bond acceptors (Lipinski definition) is 3. The number of rotatable bonds is 3. The van der Waals surface area contributed by atoms with Crippen molar-refractivity contribution in [2.75, 3.05) is 19.4 Å². The Morgan fingerprint density at radius 2 is 2.00 bits per heavy atom. The van der Waals surface area contributed by atoms with Crippen LogP contribution in [0.25, 0.3) is 6.08 Å². The highest BCUT2D eigenvalue weighted by atomic mass is 16.5. The standard InChI is InChI=1S/C19H20N2O2/c1-23-18-8-6-14(12-17(18)20)7-9-19(22)21-11-10-15-4-2-3-5-16(15)13-21/h2-9,12H,10-11,13,20H2,1H3/b9-7+. The van der Waals surface area contributed by atoms with Crippen molar-refractivity contribution in [3.8, 4) is 5.75 Å². The molecule has 118 valence electrons. The van der Waals surface area contributed by atoms with E-state index in [-0.39, 0.29) is 5.91 Å². The summed E-state index contributed by atoms with van der Waals surface area (Å²) in [7, 11) is 1.58. The Hall–Kier alpha value is -2.75. The molecular weight excluding hydrogens is 288 g/mol. The molecule has 4 heteroatoms. The van der Waals surface area contributed by atoms with Crippen molar-refractivity contribution in [1.82, 2.24) is 4.90 Å². The number of carbonyl (C=O) groups excluding carboxylic acids is 1. The number of amides is 1. The van der Waals surface area contributed by atoms with Crippen molar-refractivity contribution in [3.63, 3.8) is 0 Å². The van der Waals surface area contributed by atoms with Crippen LogP contribution >= 0.6 is 0 Å². The van der Waals surface area contributed by atoms with E-state index in [9.17, 15) is 4.79 Å². The second kappa shape index (κ2) is 6.57. The molecule has 0 aliphatic carbocycles. The lowest BCUT2D eigenvalue weighted by Crippen LogP contribution is -2.34. The van der Waals surface area contributed by atoms with Crippen molar-refractivity contribution < 1.29 is 9.53 Å². The van der Waals surface area contributed by atoms with E-state index in [1.165, 1.54) is 11.1 Å². The Morgan fingerprint density at radius 3 is 2.74 bits per heavy atom. The molecule has 4 nitrogen and oxygen atoms in total. The van der Waals surface area contributed by atoms with Gasteiger partial charge in [-0.15, -0.1) is 0 Å². The van der Waals surface area contributed by atoms with E-state index in [0.717, 1.165) is 18.5 Å². The summed E-state index contributed by atoms with van der Waals surface area (Å²) in [5.74, 6) is 0.662. The molecule has 0 bridgehead atoms. The lowest BCUT2D eigenvalue weighted by atomic mass is 10.00. The maximum Gasteiger partial charge on any atom is 0.246 e. The molecule has 1 heterocycles. The minimum absolute atomic E-state index is 0.0221. The largest absolute Gasteiger partial charge is 0.495 e. The summed E-state index contributed by atoms with van der Waals surface area (Å²) in [5.41, 5.74) is 9.89. The first-order valence-electron chi connectivity index (χ1n) is 7.64. The maximum absolute atomic E-state index is 12.4. The Kier molecular flexibility index (Phi) is 4.33. The third kappa shape index (κ3) is 3.37. The van der Waals surface area contributed by atoms with Gasteiger partial charge >= 0.3 is 0 Å². The normalized spacial score (nSPS) is 13.9. The number of anilines is 1. The first kappa shape index (κ1) is 15.2. The predicted octanol–water partition coefficient (Wildman–Crippen LogP) is 2.88. The zero-order valence-corrected chi connectivity index (χ0v) is 13.2. The van der Waals surface area contributed by atoms with E-state index < -0.39 is 0 Å². The number of nitrogens with zero attached hydrogens (tertiary/aromatic N) is 1. The average molecular weight is 308 g/mol. The van der Waals surface area contributed by atoms with E-state index in [4.69, 9.17) is 10.5 Å². The average Bonchev–Trinajstić information content (AvgIpc) is 2.59. The van der Waals surface area contributed by atoms with Crippen LogP contribution in [-0.4, -0.2) is 24.5 Å². The van der Waals surface area contributed by atoms with E-state index in [2.05, 4.69) is 12.1 Å². The second-order valence-electron chi connectivity index (χ2n) is 5.61. The molecule has 1 amide bonds. The number of ether oxygens (including phenoxy) is 1. The van der Waals surface area contributed by atoms with Crippen molar-refractivity contribution >= 4 is 17.7 Å². The molecule has 2 N–H and O–H groups in total. The molecule has 0 unspecified atom stereocenters. The molecule has 2 aromatic rings. The molecule has 0 spiro atoms. The first-order valence-corrected chi connectivity index (χ1v) is 7.64.